The number of amides is 1. The Hall–Kier alpha value is -2.60. The summed E-state index contributed by atoms with van der Waals surface area (Å²) in [5.41, 5.74) is 2.14. The second-order valence-electron chi connectivity index (χ2n) is 9.00. The Bertz CT molecular complexity index is 1200. The zero-order valence-electron chi connectivity index (χ0n) is 19.4. The van der Waals surface area contributed by atoms with Gasteiger partial charge in [-0.15, -0.1) is 0 Å². The van der Waals surface area contributed by atoms with Crippen molar-refractivity contribution in [2.45, 2.75) is 43.2 Å². The number of carbonyl (C=O) groups excluding carboxylic acids is 1. The van der Waals surface area contributed by atoms with Gasteiger partial charge in [-0.1, -0.05) is 30.4 Å². The Morgan fingerprint density at radius 3 is 2.49 bits per heavy atom. The minimum atomic E-state index is -3.70. The summed E-state index contributed by atoms with van der Waals surface area (Å²) in [6.45, 7) is 4.81. The van der Waals surface area contributed by atoms with Gasteiger partial charge in [0.2, 0.25) is 10.0 Å². The number of primary sulfonamides is 1. The quantitative estimate of drug-likeness (QED) is 0.541. The smallest absolute Gasteiger partial charge is 0.414 e. The first-order valence-corrected chi connectivity index (χ1v) is 13.4. The van der Waals surface area contributed by atoms with Gasteiger partial charge < -0.3 is 10.1 Å². The van der Waals surface area contributed by atoms with Crippen LogP contribution in [0.5, 0.6) is 0 Å². The minimum Gasteiger partial charge on any atom is -0.442 e. The van der Waals surface area contributed by atoms with Gasteiger partial charge in [-0.2, -0.15) is 0 Å². The number of piperidine rings is 1. The lowest BCUT2D eigenvalue weighted by molar-refractivity contribution is 0.143. The molecule has 4 rings (SSSR count). The standard InChI is InChI=1S/C24H29FN4O4S2/c1-16(34)27-13-20-15-29(24(30)33-20)19-4-7-22(23(25)12-19)18-8-10-28(11-9-18)14-17-2-5-21(6-3-17)35(26,31)32/h2-7,12,18,20H,8-11,13-15H2,1H3,(H,27,34)(H2,26,31,32)/t20-/m0/s1. The van der Waals surface area contributed by atoms with Crippen molar-refractivity contribution in [3.05, 3.63) is 59.4 Å². The Morgan fingerprint density at radius 2 is 1.89 bits per heavy atom. The lowest BCUT2D eigenvalue weighted by atomic mass is 9.88. The highest BCUT2D eigenvalue weighted by atomic mass is 32.2. The molecule has 0 aromatic heterocycles. The van der Waals surface area contributed by atoms with Crippen molar-refractivity contribution in [1.29, 1.82) is 0 Å². The fraction of sp³-hybridized carbons (Fsp3) is 0.417. The maximum absolute atomic E-state index is 15.1. The fourth-order valence-corrected chi connectivity index (χ4v) is 5.15. The summed E-state index contributed by atoms with van der Waals surface area (Å²) in [6.07, 6.45) is 0.781. The van der Waals surface area contributed by atoms with Crippen LogP contribution in [-0.2, 0) is 21.3 Å². The molecule has 0 saturated carbocycles. The van der Waals surface area contributed by atoms with Crippen molar-refractivity contribution in [3.8, 4) is 0 Å². The van der Waals surface area contributed by atoms with E-state index in [0.29, 0.717) is 35.9 Å². The van der Waals surface area contributed by atoms with Gasteiger partial charge in [-0.05, 0) is 74.2 Å². The van der Waals surface area contributed by atoms with Crippen LogP contribution in [0.15, 0.2) is 47.4 Å². The third kappa shape index (κ3) is 6.35. The Kier molecular flexibility index (Phi) is 7.70. The van der Waals surface area contributed by atoms with Crippen LogP contribution in [0.1, 0.15) is 36.8 Å². The molecule has 1 atom stereocenters. The molecule has 11 heteroatoms. The van der Waals surface area contributed by atoms with Crippen molar-refractivity contribution < 1.29 is 22.3 Å². The number of cyclic esters (lactones) is 1. The van der Waals surface area contributed by atoms with Crippen LogP contribution in [0.2, 0.25) is 0 Å². The molecule has 188 valence electrons. The molecule has 2 fully saturated rings. The number of carbonyl (C=O) groups is 1. The summed E-state index contributed by atoms with van der Waals surface area (Å²) >= 11 is 4.99. The van der Waals surface area contributed by atoms with Crippen molar-refractivity contribution in [2.24, 2.45) is 5.14 Å². The molecule has 3 N–H and O–H groups in total. The second kappa shape index (κ2) is 10.6. The normalized spacial score (nSPS) is 19.6. The van der Waals surface area contributed by atoms with Gasteiger partial charge >= 0.3 is 6.09 Å². The van der Waals surface area contributed by atoms with Crippen LogP contribution in [0.3, 0.4) is 0 Å². The van der Waals surface area contributed by atoms with Crippen LogP contribution < -0.4 is 15.4 Å². The van der Waals surface area contributed by atoms with Crippen molar-refractivity contribution >= 4 is 39.0 Å². The first-order valence-electron chi connectivity index (χ1n) is 11.5. The molecule has 2 aromatic carbocycles. The Balaban J connectivity index is 1.33. The van der Waals surface area contributed by atoms with Crippen LogP contribution >= 0.6 is 12.2 Å². The molecule has 0 aliphatic carbocycles. The van der Waals surface area contributed by atoms with Gasteiger partial charge in [0.25, 0.3) is 0 Å². The molecule has 35 heavy (non-hydrogen) atoms. The van der Waals surface area contributed by atoms with E-state index in [1.54, 1.807) is 31.2 Å². The first-order chi connectivity index (χ1) is 16.6. The molecular weight excluding hydrogens is 491 g/mol. The highest BCUT2D eigenvalue weighted by Gasteiger charge is 2.33. The molecule has 0 spiro atoms. The van der Waals surface area contributed by atoms with E-state index in [1.807, 2.05) is 0 Å². The highest BCUT2D eigenvalue weighted by molar-refractivity contribution is 7.89. The predicted molar refractivity (Wildman–Crippen MR) is 135 cm³/mol. The lowest BCUT2D eigenvalue weighted by Gasteiger charge is -2.32. The van der Waals surface area contributed by atoms with Crippen LogP contribution in [0, 0.1) is 5.82 Å². The molecule has 0 bridgehead atoms. The monoisotopic (exact) mass is 520 g/mol. The highest BCUT2D eigenvalue weighted by Crippen LogP contribution is 2.33. The Morgan fingerprint density at radius 1 is 1.20 bits per heavy atom. The molecule has 0 unspecified atom stereocenters. The second-order valence-corrected chi connectivity index (χ2v) is 11.2. The van der Waals surface area contributed by atoms with Gasteiger partial charge in [0, 0.05) is 6.54 Å². The van der Waals surface area contributed by atoms with Crippen LogP contribution in [-0.4, -0.2) is 56.7 Å². The number of nitrogens with one attached hydrogen (secondary N) is 1. The number of hydrogen-bond donors (Lipinski definition) is 2. The summed E-state index contributed by atoms with van der Waals surface area (Å²) in [4.78, 5) is 16.7. The molecule has 2 saturated heterocycles. The number of rotatable bonds is 7. The molecular formula is C24H29FN4O4S2. The third-order valence-corrected chi connectivity index (χ3v) is 7.51. The predicted octanol–water partition coefficient (Wildman–Crippen LogP) is 3.11. The van der Waals surface area contributed by atoms with E-state index in [9.17, 15) is 13.2 Å². The molecule has 8 nitrogen and oxygen atoms in total. The molecule has 0 radical (unpaired) electrons. The molecule has 1 amide bonds. The lowest BCUT2D eigenvalue weighted by Crippen LogP contribution is -2.33. The first kappa shape index (κ1) is 25.5. The number of thiocarbonyl (C=S) groups is 1. The number of nitrogens with zero attached hydrogens (tertiary/aromatic N) is 2. The SMILES string of the molecule is CC(=S)NC[C@H]1CN(c2ccc(C3CCN(Cc4ccc(S(N)(=O)=O)cc4)CC3)c(F)c2)C(=O)O1. The fourth-order valence-electron chi connectivity index (χ4n) is 4.56. The van der Waals surface area contributed by atoms with Gasteiger partial charge in [-0.25, -0.2) is 22.7 Å². The number of halogens is 1. The summed E-state index contributed by atoms with van der Waals surface area (Å²) < 4.78 is 43.2. The topological polar surface area (TPSA) is 105 Å². The molecule has 2 heterocycles. The van der Waals surface area contributed by atoms with E-state index in [0.717, 1.165) is 31.5 Å². The van der Waals surface area contributed by atoms with Crippen LogP contribution in [0.4, 0.5) is 14.9 Å². The zero-order chi connectivity index (χ0) is 25.2. The zero-order valence-corrected chi connectivity index (χ0v) is 21.1. The molecule has 2 aliphatic rings. The number of ether oxygens (including phenoxy) is 1. The van der Waals surface area contributed by atoms with E-state index < -0.39 is 16.1 Å². The van der Waals surface area contributed by atoms with E-state index in [1.165, 1.54) is 23.1 Å². The summed E-state index contributed by atoms with van der Waals surface area (Å²) in [6, 6.07) is 11.5. The third-order valence-electron chi connectivity index (χ3n) is 6.43. The number of anilines is 1. The summed E-state index contributed by atoms with van der Waals surface area (Å²) in [5.74, 6) is -0.221. The number of sulfonamides is 1. The van der Waals surface area contributed by atoms with Crippen molar-refractivity contribution in [3.63, 3.8) is 0 Å². The van der Waals surface area contributed by atoms with Gasteiger partial charge in [0.05, 0.1) is 28.7 Å². The largest absolute Gasteiger partial charge is 0.442 e. The maximum atomic E-state index is 15.1. The van der Waals surface area contributed by atoms with E-state index >= 15 is 4.39 Å². The van der Waals surface area contributed by atoms with E-state index in [4.69, 9.17) is 22.1 Å². The average Bonchev–Trinajstić information content (AvgIpc) is 3.18. The number of hydrogen-bond acceptors (Lipinski definition) is 6. The van der Waals surface area contributed by atoms with E-state index in [2.05, 4.69) is 10.2 Å². The van der Waals surface area contributed by atoms with Crippen molar-refractivity contribution in [2.75, 3.05) is 31.1 Å². The van der Waals surface area contributed by atoms with Gasteiger partial charge in [0.15, 0.2) is 0 Å². The van der Waals surface area contributed by atoms with Gasteiger partial charge in [-0.3, -0.25) is 9.80 Å². The van der Waals surface area contributed by atoms with Crippen molar-refractivity contribution in [1.82, 2.24) is 10.2 Å². The molecule has 2 aliphatic heterocycles. The minimum absolute atomic E-state index is 0.0955. The number of nitrogens with two attached hydrogens (primary N) is 1. The number of benzene rings is 2. The maximum Gasteiger partial charge on any atom is 0.414 e. The summed E-state index contributed by atoms with van der Waals surface area (Å²) in [7, 11) is -3.70. The van der Waals surface area contributed by atoms with Gasteiger partial charge in [0.1, 0.15) is 11.9 Å². The average molecular weight is 521 g/mol. The number of likely N-dealkylation sites (tertiary alicyclic amines) is 1. The summed E-state index contributed by atoms with van der Waals surface area (Å²) in [5, 5.41) is 8.14. The van der Waals surface area contributed by atoms with Crippen LogP contribution in [0.25, 0.3) is 0 Å². The molecule has 2 aromatic rings. The van der Waals surface area contributed by atoms with E-state index in [-0.39, 0.29) is 22.7 Å². The Labute approximate surface area is 210 Å².